The van der Waals surface area contributed by atoms with E-state index >= 15 is 0 Å². The van der Waals surface area contributed by atoms with E-state index in [0.29, 0.717) is 5.52 Å². The van der Waals surface area contributed by atoms with Gasteiger partial charge in [0.1, 0.15) is 0 Å². The number of hydrogen-bond donors (Lipinski definition) is 0. The molecule has 54 valence electrons. The normalized spacial score (nSPS) is 9.33. The first-order valence-corrected chi connectivity index (χ1v) is 3.44. The predicted molar refractivity (Wildman–Crippen MR) is 45.7 cm³/mol. The van der Waals surface area contributed by atoms with E-state index in [0.717, 1.165) is 5.39 Å². The van der Waals surface area contributed by atoms with Gasteiger partial charge in [0.15, 0.2) is 6.20 Å². The summed E-state index contributed by atoms with van der Waals surface area (Å²) in [6, 6.07) is 9.01. The molecule has 0 spiro atoms. The second-order valence-corrected chi connectivity index (χ2v) is 2.39. The van der Waals surface area contributed by atoms with E-state index < -0.39 is 0 Å². The summed E-state index contributed by atoms with van der Waals surface area (Å²) in [6.45, 7) is 0. The van der Waals surface area contributed by atoms with E-state index in [9.17, 15) is 5.11 Å². The van der Waals surface area contributed by atoms with Crippen molar-refractivity contribution in [2.24, 2.45) is 0 Å². The van der Waals surface area contributed by atoms with Crippen LogP contribution in [-0.4, -0.2) is 10.1 Å². The molecule has 0 unspecified atom stereocenters. The fourth-order valence-electron chi connectivity index (χ4n) is 1.12. The minimum Gasteiger partial charge on any atom is -0.868 e. The average molecular weight is 154 g/mol. The Labute approximate surface area is 74.1 Å². The van der Waals surface area contributed by atoms with Crippen LogP contribution in [0.25, 0.3) is 10.9 Å². The summed E-state index contributed by atoms with van der Waals surface area (Å²) in [4.78, 5) is 2.91. The summed E-state index contributed by atoms with van der Waals surface area (Å²) in [5.74, 6) is 0.0445. The molecule has 0 aliphatic heterocycles. The zero-order valence-electron chi connectivity index (χ0n) is 6.58. The van der Waals surface area contributed by atoms with Crippen molar-refractivity contribution in [3.8, 4) is 5.75 Å². The Bertz CT molecular complexity index is 384. The van der Waals surface area contributed by atoms with Crippen molar-refractivity contribution in [1.82, 2.24) is 0 Å². The SMILES string of the molecule is [Be+2].[O-]c1cccc2ccc[nH+]c12. The molecule has 3 heteroatoms. The first kappa shape index (κ1) is 8.69. The molecule has 2 aromatic rings. The Kier molecular flexibility index (Phi) is 2.41. The molecule has 2 rings (SSSR count). The summed E-state index contributed by atoms with van der Waals surface area (Å²) >= 11 is 0. The first-order chi connectivity index (χ1) is 5.38. The average Bonchev–Trinajstić information content (AvgIpc) is 2.06. The van der Waals surface area contributed by atoms with E-state index in [-0.39, 0.29) is 15.9 Å². The molecule has 1 N–H and O–H groups in total. The van der Waals surface area contributed by atoms with Gasteiger partial charge in [-0.1, -0.05) is 12.1 Å². The van der Waals surface area contributed by atoms with Gasteiger partial charge in [0.25, 0.3) is 0 Å². The molecule has 0 radical (unpaired) electrons. The fraction of sp³-hybridized carbons (Fsp3) is 0. The van der Waals surface area contributed by atoms with E-state index in [4.69, 9.17) is 0 Å². The number of benzene rings is 1. The van der Waals surface area contributed by atoms with E-state index in [1.165, 1.54) is 0 Å². The molecule has 1 aromatic heterocycles. The number of fused-ring (bicyclic) bond motifs is 1. The smallest absolute Gasteiger partial charge is 0.868 e. The third-order valence-corrected chi connectivity index (χ3v) is 1.66. The summed E-state index contributed by atoms with van der Waals surface area (Å²) in [7, 11) is 0. The van der Waals surface area contributed by atoms with E-state index in [2.05, 4.69) is 4.98 Å². The Morgan fingerprint density at radius 3 is 2.58 bits per heavy atom. The van der Waals surface area contributed by atoms with Crippen LogP contribution in [0.2, 0.25) is 0 Å². The number of nitrogens with one attached hydrogen (secondary N) is 1. The zero-order valence-corrected chi connectivity index (χ0v) is 6.58. The van der Waals surface area contributed by atoms with Gasteiger partial charge in [-0.05, 0) is 17.9 Å². The van der Waals surface area contributed by atoms with Gasteiger partial charge in [-0.2, -0.15) is 0 Å². The maximum Gasteiger partial charge on any atom is 2.00 e. The molecule has 0 amide bonds. The minimum atomic E-state index is 0. The molecule has 0 bridgehead atoms. The van der Waals surface area contributed by atoms with Crippen molar-refractivity contribution in [2.75, 3.05) is 0 Å². The number of H-pyrrole nitrogens is 1. The van der Waals surface area contributed by atoms with Crippen molar-refractivity contribution >= 4 is 21.0 Å². The Hall–Kier alpha value is -1.40. The molecule has 2 nitrogen and oxygen atoms in total. The van der Waals surface area contributed by atoms with Gasteiger partial charge in [0.2, 0.25) is 5.52 Å². The van der Waals surface area contributed by atoms with Crippen LogP contribution in [0.1, 0.15) is 0 Å². The molecule has 12 heavy (non-hydrogen) atoms. The quantitative estimate of drug-likeness (QED) is 0.504. The molecule has 1 heterocycles. The summed E-state index contributed by atoms with van der Waals surface area (Å²) in [5, 5.41) is 12.1. The van der Waals surface area contributed by atoms with Crippen molar-refractivity contribution in [2.45, 2.75) is 0 Å². The number of para-hydroxylation sites is 1. The molecule has 0 atom stereocenters. The molecular formula is C9H7BeNO+2. The van der Waals surface area contributed by atoms with E-state index in [1.807, 2.05) is 18.2 Å². The van der Waals surface area contributed by atoms with Crippen molar-refractivity contribution in [3.05, 3.63) is 36.5 Å². The monoisotopic (exact) mass is 154 g/mol. The van der Waals surface area contributed by atoms with Crippen molar-refractivity contribution < 1.29 is 10.1 Å². The van der Waals surface area contributed by atoms with Gasteiger partial charge in [-0.15, -0.1) is 0 Å². The minimum absolute atomic E-state index is 0. The molecule has 0 fully saturated rings. The zero-order chi connectivity index (χ0) is 7.68. The predicted octanol–water partition coefficient (Wildman–Crippen LogP) is 0.347. The van der Waals surface area contributed by atoms with Crippen LogP contribution in [0, 0.1) is 0 Å². The van der Waals surface area contributed by atoms with Gasteiger partial charge in [-0.3, -0.25) is 0 Å². The Morgan fingerprint density at radius 1 is 1.08 bits per heavy atom. The van der Waals surface area contributed by atoms with Gasteiger partial charge in [-0.25, -0.2) is 4.98 Å². The van der Waals surface area contributed by atoms with Gasteiger partial charge in [0.05, 0.1) is 0 Å². The molecule has 0 saturated carbocycles. The van der Waals surface area contributed by atoms with Crippen LogP contribution in [0.15, 0.2) is 36.5 Å². The standard InChI is InChI=1S/C9H7NO.Be/c11-8-5-1-3-7-4-2-6-10-9(7)8;/h1-6,11H;/q;+2. The third kappa shape index (κ3) is 1.29. The van der Waals surface area contributed by atoms with Gasteiger partial charge < -0.3 is 5.11 Å². The van der Waals surface area contributed by atoms with Gasteiger partial charge >= 0.3 is 10.1 Å². The number of hydrogen-bond acceptors (Lipinski definition) is 1. The number of aromatic nitrogens is 1. The van der Waals surface area contributed by atoms with Crippen LogP contribution in [-0.2, 0) is 0 Å². The molecule has 0 aliphatic rings. The van der Waals surface area contributed by atoms with Crippen LogP contribution in [0.3, 0.4) is 0 Å². The Balaban J connectivity index is 0.000000720. The largest absolute Gasteiger partial charge is 2.00 e. The maximum atomic E-state index is 11.1. The topological polar surface area (TPSA) is 37.2 Å². The number of rotatable bonds is 0. The first-order valence-electron chi connectivity index (χ1n) is 3.44. The third-order valence-electron chi connectivity index (χ3n) is 1.66. The number of pyridine rings is 1. The van der Waals surface area contributed by atoms with Crippen LogP contribution >= 0.6 is 0 Å². The summed E-state index contributed by atoms with van der Waals surface area (Å²) in [5.41, 5.74) is 0.676. The van der Waals surface area contributed by atoms with Crippen LogP contribution in [0.4, 0.5) is 0 Å². The second kappa shape index (κ2) is 3.33. The van der Waals surface area contributed by atoms with Crippen molar-refractivity contribution in [3.63, 3.8) is 0 Å². The molecule has 1 aromatic carbocycles. The van der Waals surface area contributed by atoms with Gasteiger partial charge in [0, 0.05) is 11.5 Å². The molecule has 0 aliphatic carbocycles. The summed E-state index contributed by atoms with van der Waals surface area (Å²) in [6.07, 6.45) is 1.75. The fourth-order valence-corrected chi connectivity index (χ4v) is 1.12. The maximum absolute atomic E-state index is 11.1. The molecule has 0 saturated heterocycles. The Morgan fingerprint density at radius 2 is 1.83 bits per heavy atom. The van der Waals surface area contributed by atoms with Crippen molar-refractivity contribution in [1.29, 1.82) is 0 Å². The summed E-state index contributed by atoms with van der Waals surface area (Å²) < 4.78 is 0. The second-order valence-electron chi connectivity index (χ2n) is 2.39. The van der Waals surface area contributed by atoms with E-state index in [1.54, 1.807) is 18.3 Å². The van der Waals surface area contributed by atoms with Crippen LogP contribution < -0.4 is 10.1 Å². The number of aromatic amines is 1. The van der Waals surface area contributed by atoms with Crippen LogP contribution in [0.5, 0.6) is 5.75 Å². The molecular weight excluding hydrogens is 147 g/mol.